The van der Waals surface area contributed by atoms with E-state index in [1.165, 1.54) is 49.7 Å². The molecule has 0 amide bonds. The minimum atomic E-state index is 0.399. The van der Waals surface area contributed by atoms with Crippen LogP contribution < -0.4 is 0 Å². The number of carbonyl (C=O) groups is 1. The van der Waals surface area contributed by atoms with Crippen molar-refractivity contribution in [2.75, 3.05) is 0 Å². The Labute approximate surface area is 110 Å². The second-order valence-electron chi connectivity index (χ2n) is 5.85. The van der Waals surface area contributed by atoms with Crippen LogP contribution in [0.5, 0.6) is 0 Å². The summed E-state index contributed by atoms with van der Waals surface area (Å²) in [5.74, 6) is 1.04. The maximum absolute atomic E-state index is 12.2. The molecule has 0 saturated heterocycles. The summed E-state index contributed by atoms with van der Waals surface area (Å²) in [4.78, 5) is 12.2. The first-order chi connectivity index (χ1) is 8.86. The number of hydrogen-bond donors (Lipinski definition) is 0. The van der Waals surface area contributed by atoms with Crippen LogP contribution in [-0.4, -0.2) is 5.78 Å². The second kappa shape index (κ2) is 5.26. The Morgan fingerprint density at radius 2 is 1.67 bits per heavy atom. The summed E-state index contributed by atoms with van der Waals surface area (Å²) in [5.41, 5.74) is 3.79. The summed E-state index contributed by atoms with van der Waals surface area (Å²) in [6.45, 7) is 0. The number of aryl methyl sites for hydroxylation is 1. The Morgan fingerprint density at radius 3 is 2.44 bits per heavy atom. The van der Waals surface area contributed by atoms with Gasteiger partial charge >= 0.3 is 0 Å². The Hall–Kier alpha value is -1.11. The Kier molecular flexibility index (Phi) is 3.49. The number of rotatable bonds is 1. The molecule has 1 fully saturated rings. The predicted octanol–water partition coefficient (Wildman–Crippen LogP) is 4.64. The number of Topliss-reactive ketones (excluding diaryl/α,β-unsaturated/α-hetero) is 1. The smallest absolute Gasteiger partial charge is 0.163 e. The van der Waals surface area contributed by atoms with Crippen LogP contribution in [0, 0.1) is 0 Å². The third kappa shape index (κ3) is 2.23. The predicted molar refractivity (Wildman–Crippen MR) is 74.2 cm³/mol. The minimum Gasteiger partial charge on any atom is -0.294 e. The number of carbonyl (C=O) groups excluding carboxylic acids is 1. The molecule has 0 spiro atoms. The zero-order chi connectivity index (χ0) is 12.4. The van der Waals surface area contributed by atoms with Gasteiger partial charge in [-0.05, 0) is 42.7 Å². The van der Waals surface area contributed by atoms with E-state index in [2.05, 4.69) is 18.2 Å². The van der Waals surface area contributed by atoms with Gasteiger partial charge in [-0.25, -0.2) is 0 Å². The zero-order valence-electron chi connectivity index (χ0n) is 11.1. The van der Waals surface area contributed by atoms with E-state index in [-0.39, 0.29) is 0 Å². The van der Waals surface area contributed by atoms with Crippen molar-refractivity contribution in [1.82, 2.24) is 0 Å². The van der Waals surface area contributed by atoms with Gasteiger partial charge in [0, 0.05) is 12.0 Å². The van der Waals surface area contributed by atoms with Crippen LogP contribution in [0.1, 0.15) is 78.8 Å². The Morgan fingerprint density at radius 1 is 0.889 bits per heavy atom. The van der Waals surface area contributed by atoms with Crippen molar-refractivity contribution < 1.29 is 4.79 Å². The maximum atomic E-state index is 12.2. The molecule has 1 aromatic rings. The molecule has 0 aliphatic heterocycles. The van der Waals surface area contributed by atoms with E-state index in [1.54, 1.807) is 0 Å². The van der Waals surface area contributed by atoms with Crippen molar-refractivity contribution in [2.45, 2.75) is 63.7 Å². The molecule has 18 heavy (non-hydrogen) atoms. The largest absolute Gasteiger partial charge is 0.294 e. The first-order valence-corrected chi connectivity index (χ1v) is 7.51. The molecule has 1 nitrogen and oxygen atoms in total. The molecule has 96 valence electrons. The first-order valence-electron chi connectivity index (χ1n) is 7.51. The van der Waals surface area contributed by atoms with Crippen LogP contribution in [0.2, 0.25) is 0 Å². The molecule has 0 N–H and O–H groups in total. The van der Waals surface area contributed by atoms with Gasteiger partial charge in [0.05, 0.1) is 0 Å². The highest BCUT2D eigenvalue weighted by Gasteiger charge is 2.24. The summed E-state index contributed by atoms with van der Waals surface area (Å²) in [6, 6.07) is 6.54. The number of ketones is 1. The van der Waals surface area contributed by atoms with Gasteiger partial charge in [0.1, 0.15) is 0 Å². The topological polar surface area (TPSA) is 17.1 Å². The van der Waals surface area contributed by atoms with Gasteiger partial charge in [0.25, 0.3) is 0 Å². The van der Waals surface area contributed by atoms with E-state index in [9.17, 15) is 4.79 Å². The van der Waals surface area contributed by atoms with E-state index in [0.717, 1.165) is 24.8 Å². The molecule has 1 saturated carbocycles. The molecule has 0 unspecified atom stereocenters. The van der Waals surface area contributed by atoms with E-state index in [0.29, 0.717) is 11.7 Å². The highest BCUT2D eigenvalue weighted by Crippen LogP contribution is 2.36. The maximum Gasteiger partial charge on any atom is 0.163 e. The van der Waals surface area contributed by atoms with Crippen LogP contribution in [0.4, 0.5) is 0 Å². The quantitative estimate of drug-likeness (QED) is 0.655. The fourth-order valence-electron chi connectivity index (χ4n) is 3.66. The van der Waals surface area contributed by atoms with Crippen molar-refractivity contribution in [3.63, 3.8) is 0 Å². The van der Waals surface area contributed by atoms with Gasteiger partial charge in [0.2, 0.25) is 0 Å². The molecule has 0 aromatic heterocycles. The molecule has 0 radical (unpaired) electrons. The van der Waals surface area contributed by atoms with Gasteiger partial charge < -0.3 is 0 Å². The van der Waals surface area contributed by atoms with Crippen molar-refractivity contribution in [1.29, 1.82) is 0 Å². The molecule has 3 rings (SSSR count). The van der Waals surface area contributed by atoms with E-state index in [4.69, 9.17) is 0 Å². The Balaban J connectivity index is 1.98. The van der Waals surface area contributed by atoms with Crippen LogP contribution in [-0.2, 0) is 6.42 Å². The molecule has 2 aliphatic rings. The molecular formula is C17H22O. The highest BCUT2D eigenvalue weighted by molar-refractivity contribution is 6.00. The first kappa shape index (κ1) is 12.0. The third-order valence-corrected chi connectivity index (χ3v) is 4.61. The van der Waals surface area contributed by atoms with Gasteiger partial charge in [0.15, 0.2) is 5.78 Å². The lowest BCUT2D eigenvalue weighted by Gasteiger charge is -2.23. The van der Waals surface area contributed by atoms with Gasteiger partial charge in [-0.1, -0.05) is 43.9 Å². The average molecular weight is 242 g/mol. The summed E-state index contributed by atoms with van der Waals surface area (Å²) < 4.78 is 0. The average Bonchev–Trinajstić information content (AvgIpc) is 2.67. The van der Waals surface area contributed by atoms with Crippen LogP contribution in [0.15, 0.2) is 18.2 Å². The van der Waals surface area contributed by atoms with Gasteiger partial charge in [-0.15, -0.1) is 0 Å². The lowest BCUT2D eigenvalue weighted by molar-refractivity contribution is 0.0971. The molecule has 2 aliphatic carbocycles. The van der Waals surface area contributed by atoms with Crippen molar-refractivity contribution in [2.24, 2.45) is 0 Å². The van der Waals surface area contributed by atoms with E-state index in [1.807, 2.05) is 0 Å². The Bertz CT molecular complexity index is 439. The normalized spacial score (nSPS) is 21.4. The van der Waals surface area contributed by atoms with Crippen LogP contribution >= 0.6 is 0 Å². The van der Waals surface area contributed by atoms with Crippen molar-refractivity contribution >= 4 is 5.78 Å². The fourth-order valence-corrected chi connectivity index (χ4v) is 3.66. The molecular weight excluding hydrogens is 220 g/mol. The van der Waals surface area contributed by atoms with Gasteiger partial charge in [-0.2, -0.15) is 0 Å². The lowest BCUT2D eigenvalue weighted by Crippen LogP contribution is -2.15. The highest BCUT2D eigenvalue weighted by atomic mass is 16.1. The second-order valence-corrected chi connectivity index (χ2v) is 5.85. The molecule has 0 atom stereocenters. The summed E-state index contributed by atoms with van der Waals surface area (Å²) >= 11 is 0. The van der Waals surface area contributed by atoms with E-state index < -0.39 is 0 Å². The molecule has 1 aromatic carbocycles. The fraction of sp³-hybridized carbons (Fsp3) is 0.588. The van der Waals surface area contributed by atoms with Crippen LogP contribution in [0.3, 0.4) is 0 Å². The molecule has 0 heterocycles. The standard InChI is InChI=1S/C17H22O/c18-16-12-6-10-14-9-5-11-15(17(14)16)13-7-3-1-2-4-8-13/h5,9,11,13H,1-4,6-8,10,12H2. The minimum absolute atomic E-state index is 0.399. The lowest BCUT2D eigenvalue weighted by atomic mass is 9.80. The monoisotopic (exact) mass is 242 g/mol. The summed E-state index contributed by atoms with van der Waals surface area (Å²) in [6.07, 6.45) is 10.9. The number of benzene rings is 1. The molecule has 0 bridgehead atoms. The molecule has 1 heteroatoms. The van der Waals surface area contributed by atoms with E-state index >= 15 is 0 Å². The zero-order valence-corrected chi connectivity index (χ0v) is 11.1. The van der Waals surface area contributed by atoms with Crippen LogP contribution in [0.25, 0.3) is 0 Å². The van der Waals surface area contributed by atoms with Crippen molar-refractivity contribution in [3.8, 4) is 0 Å². The van der Waals surface area contributed by atoms with Gasteiger partial charge in [-0.3, -0.25) is 4.79 Å². The number of hydrogen-bond acceptors (Lipinski definition) is 1. The summed E-state index contributed by atoms with van der Waals surface area (Å²) in [5, 5.41) is 0. The summed E-state index contributed by atoms with van der Waals surface area (Å²) in [7, 11) is 0. The third-order valence-electron chi connectivity index (χ3n) is 4.61. The SMILES string of the molecule is O=C1CCCc2cccc(C3CCCCCC3)c21. The number of fused-ring (bicyclic) bond motifs is 1. The van der Waals surface area contributed by atoms with Crippen molar-refractivity contribution in [3.05, 3.63) is 34.9 Å².